The van der Waals surface area contributed by atoms with Crippen LogP contribution in [0.2, 0.25) is 0 Å². The average Bonchev–Trinajstić information content (AvgIpc) is 3.34. The molecule has 0 unspecified atom stereocenters. The maximum Gasteiger partial charge on any atom is 0.227 e. The van der Waals surface area contributed by atoms with E-state index >= 15 is 0 Å². The maximum atomic E-state index is 10.1. The van der Waals surface area contributed by atoms with Crippen molar-refractivity contribution in [2.24, 2.45) is 0 Å². The van der Waals surface area contributed by atoms with Crippen molar-refractivity contribution in [3.63, 3.8) is 0 Å². The number of aromatic nitrogens is 5. The number of aliphatic hydroxyl groups is 1. The highest BCUT2D eigenvalue weighted by atomic mass is 16.3. The van der Waals surface area contributed by atoms with E-state index in [0.29, 0.717) is 12.5 Å². The highest BCUT2D eigenvalue weighted by molar-refractivity contribution is 5.78. The van der Waals surface area contributed by atoms with Gasteiger partial charge in [0.15, 0.2) is 0 Å². The summed E-state index contributed by atoms with van der Waals surface area (Å²) in [5, 5.41) is 18.2. The fourth-order valence-electron chi connectivity index (χ4n) is 4.65. The molecule has 1 aromatic carbocycles. The molecule has 1 aliphatic heterocycles. The van der Waals surface area contributed by atoms with E-state index in [4.69, 9.17) is 10.1 Å². The lowest BCUT2D eigenvalue weighted by Crippen LogP contribution is -2.50. The van der Waals surface area contributed by atoms with Crippen molar-refractivity contribution in [3.05, 3.63) is 67.3 Å². The summed E-state index contributed by atoms with van der Waals surface area (Å²) in [5.74, 6) is 0.534. The van der Waals surface area contributed by atoms with Crippen molar-refractivity contribution in [2.45, 2.75) is 32.9 Å². The summed E-state index contributed by atoms with van der Waals surface area (Å²) in [6.45, 7) is 11.0. The highest BCUT2D eigenvalue weighted by Gasteiger charge is 2.23. The molecule has 0 saturated carbocycles. The van der Waals surface area contributed by atoms with E-state index in [2.05, 4.69) is 56.3 Å². The molecule has 2 N–H and O–H groups in total. The molecule has 37 heavy (non-hydrogen) atoms. The number of β-amino-alcohol motifs (C(OH)–C–C–N with tert-alkyl or cyclic N) is 1. The summed E-state index contributed by atoms with van der Waals surface area (Å²) in [6.07, 6.45) is 7.36. The van der Waals surface area contributed by atoms with Gasteiger partial charge >= 0.3 is 0 Å². The highest BCUT2D eigenvalue weighted by Crippen LogP contribution is 2.30. The van der Waals surface area contributed by atoms with Gasteiger partial charge in [0.25, 0.3) is 0 Å². The first-order chi connectivity index (χ1) is 17.9. The van der Waals surface area contributed by atoms with Gasteiger partial charge in [-0.25, -0.2) is 9.97 Å². The van der Waals surface area contributed by atoms with Crippen LogP contribution < -0.4 is 10.2 Å². The Hall–Kier alpha value is -3.82. The van der Waals surface area contributed by atoms with Crippen molar-refractivity contribution in [2.75, 3.05) is 42.9 Å². The van der Waals surface area contributed by atoms with Gasteiger partial charge in [0.05, 0.1) is 11.3 Å². The molecule has 0 amide bonds. The monoisotopic (exact) mass is 498 g/mol. The first kappa shape index (κ1) is 24.9. The van der Waals surface area contributed by atoms with Crippen LogP contribution in [0.15, 0.2) is 67.3 Å². The third kappa shape index (κ3) is 6.12. The van der Waals surface area contributed by atoms with Gasteiger partial charge in [-0.3, -0.25) is 14.6 Å². The molecule has 0 radical (unpaired) electrons. The Morgan fingerprint density at radius 1 is 1.00 bits per heavy atom. The van der Waals surface area contributed by atoms with Gasteiger partial charge in [0.2, 0.25) is 5.95 Å². The van der Waals surface area contributed by atoms with E-state index in [0.717, 1.165) is 60.9 Å². The molecular formula is C28H34N8O. The van der Waals surface area contributed by atoms with Crippen LogP contribution in [0.25, 0.3) is 22.5 Å². The van der Waals surface area contributed by atoms with Crippen molar-refractivity contribution >= 4 is 17.3 Å². The molecule has 0 spiro atoms. The number of benzene rings is 1. The van der Waals surface area contributed by atoms with Gasteiger partial charge in [-0.1, -0.05) is 0 Å². The molecule has 9 heteroatoms. The molecule has 1 fully saturated rings. The second-order valence-electron chi connectivity index (χ2n) is 10.0. The Morgan fingerprint density at radius 2 is 1.78 bits per heavy atom. The van der Waals surface area contributed by atoms with Crippen molar-refractivity contribution in [1.82, 2.24) is 29.6 Å². The van der Waals surface area contributed by atoms with E-state index in [1.807, 2.05) is 49.1 Å². The van der Waals surface area contributed by atoms with E-state index in [1.165, 1.54) is 5.69 Å². The zero-order valence-electron chi connectivity index (χ0n) is 21.7. The molecule has 192 valence electrons. The minimum atomic E-state index is -0.661. The Labute approximate surface area is 217 Å². The lowest BCUT2D eigenvalue weighted by Gasteiger charge is -2.38. The number of hydrogen-bond acceptors (Lipinski definition) is 8. The predicted octanol–water partition coefficient (Wildman–Crippen LogP) is 4.06. The largest absolute Gasteiger partial charge is 0.389 e. The second-order valence-corrected chi connectivity index (χ2v) is 10.0. The molecule has 5 rings (SSSR count). The molecule has 4 aromatic rings. The van der Waals surface area contributed by atoms with Gasteiger partial charge in [-0.05, 0) is 63.2 Å². The van der Waals surface area contributed by atoms with Gasteiger partial charge in [-0.2, -0.15) is 5.10 Å². The smallest absolute Gasteiger partial charge is 0.227 e. The number of anilines is 3. The fraction of sp³-hybridized carbons (Fsp3) is 0.357. The Balaban J connectivity index is 1.28. The third-order valence-corrected chi connectivity index (χ3v) is 6.42. The fourth-order valence-corrected chi connectivity index (χ4v) is 4.65. The van der Waals surface area contributed by atoms with Crippen LogP contribution >= 0.6 is 0 Å². The van der Waals surface area contributed by atoms with Crippen molar-refractivity contribution in [1.29, 1.82) is 0 Å². The number of hydrogen-bond donors (Lipinski definition) is 2. The average molecular weight is 499 g/mol. The molecule has 1 saturated heterocycles. The molecule has 3 aromatic heterocycles. The first-order valence-electron chi connectivity index (χ1n) is 12.8. The number of aryl methyl sites for hydroxylation is 1. The lowest BCUT2D eigenvalue weighted by molar-refractivity contribution is 0.0345. The number of nitrogens with one attached hydrogen (secondary N) is 1. The number of pyridine rings is 1. The second kappa shape index (κ2) is 10.7. The van der Waals surface area contributed by atoms with Crippen LogP contribution in [0.1, 0.15) is 20.8 Å². The quantitative estimate of drug-likeness (QED) is 0.376. The standard InChI is InChI=1S/C28H34N8O/c1-4-36-19-24(26(33-36)21-6-5-12-29-18-21)25-11-13-30-27(32-25)31-22-7-9-23(10-8-22)35-16-14-34(15-17-35)20-28(2,3)37/h5-13,18-19,37H,4,14-17,20H2,1-3H3,(H,30,31,32). The van der Waals surface area contributed by atoms with Crippen molar-refractivity contribution < 1.29 is 5.11 Å². The van der Waals surface area contributed by atoms with Gasteiger partial charge in [-0.15, -0.1) is 0 Å². The summed E-state index contributed by atoms with van der Waals surface area (Å²) in [5.41, 5.74) is 5.01. The Kier molecular flexibility index (Phi) is 7.16. The summed E-state index contributed by atoms with van der Waals surface area (Å²) < 4.78 is 1.91. The molecule has 0 atom stereocenters. The summed E-state index contributed by atoms with van der Waals surface area (Å²) in [7, 11) is 0. The lowest BCUT2D eigenvalue weighted by atomic mass is 10.1. The van der Waals surface area contributed by atoms with E-state index in [9.17, 15) is 5.11 Å². The molecule has 9 nitrogen and oxygen atoms in total. The summed E-state index contributed by atoms with van der Waals surface area (Å²) in [6, 6.07) is 14.2. The van der Waals surface area contributed by atoms with E-state index < -0.39 is 5.60 Å². The molecule has 0 bridgehead atoms. The Morgan fingerprint density at radius 3 is 2.46 bits per heavy atom. The zero-order valence-corrected chi connectivity index (χ0v) is 21.7. The number of nitrogens with zero attached hydrogens (tertiary/aromatic N) is 7. The van der Waals surface area contributed by atoms with Crippen LogP contribution in [-0.2, 0) is 6.54 Å². The topological polar surface area (TPSA) is 95.2 Å². The third-order valence-electron chi connectivity index (χ3n) is 6.42. The van der Waals surface area contributed by atoms with Crippen molar-refractivity contribution in [3.8, 4) is 22.5 Å². The number of piperazine rings is 1. The van der Waals surface area contributed by atoms with Crippen LogP contribution in [-0.4, -0.2) is 73.1 Å². The number of rotatable bonds is 8. The summed E-state index contributed by atoms with van der Waals surface area (Å²) in [4.78, 5) is 18.2. The normalized spacial score (nSPS) is 14.6. The predicted molar refractivity (Wildman–Crippen MR) is 147 cm³/mol. The van der Waals surface area contributed by atoms with Crippen LogP contribution in [0.4, 0.5) is 17.3 Å². The molecular weight excluding hydrogens is 464 g/mol. The molecule has 1 aliphatic rings. The SMILES string of the molecule is CCn1cc(-c2ccnc(Nc3ccc(N4CCN(CC(C)(C)O)CC4)cc3)n2)c(-c2cccnc2)n1. The van der Waals surface area contributed by atoms with Crippen LogP contribution in [0.3, 0.4) is 0 Å². The van der Waals surface area contributed by atoms with Crippen LogP contribution in [0.5, 0.6) is 0 Å². The van der Waals surface area contributed by atoms with Gasteiger partial charge in [0, 0.05) is 86.6 Å². The minimum Gasteiger partial charge on any atom is -0.389 e. The van der Waals surface area contributed by atoms with E-state index in [-0.39, 0.29) is 0 Å². The molecule has 0 aliphatic carbocycles. The maximum absolute atomic E-state index is 10.1. The van der Waals surface area contributed by atoms with Gasteiger partial charge in [0.1, 0.15) is 5.69 Å². The van der Waals surface area contributed by atoms with Gasteiger partial charge < -0.3 is 15.3 Å². The van der Waals surface area contributed by atoms with E-state index in [1.54, 1.807) is 12.4 Å². The molecule has 4 heterocycles. The summed E-state index contributed by atoms with van der Waals surface area (Å²) >= 11 is 0. The first-order valence-corrected chi connectivity index (χ1v) is 12.8. The Bertz CT molecular complexity index is 1310. The van der Waals surface area contributed by atoms with Crippen LogP contribution in [0, 0.1) is 0 Å². The minimum absolute atomic E-state index is 0.534. The zero-order chi connectivity index (χ0) is 25.8.